The summed E-state index contributed by atoms with van der Waals surface area (Å²) in [4.78, 5) is 26.6. The first-order valence-corrected chi connectivity index (χ1v) is 8.38. The van der Waals surface area contributed by atoms with Gasteiger partial charge < -0.3 is 10.1 Å². The maximum Gasteiger partial charge on any atom is 0.194 e. The predicted molar refractivity (Wildman–Crippen MR) is 105 cm³/mol. The van der Waals surface area contributed by atoms with Crippen LogP contribution in [0.15, 0.2) is 84.8 Å². The van der Waals surface area contributed by atoms with Crippen molar-refractivity contribution in [3.63, 3.8) is 0 Å². The zero-order valence-corrected chi connectivity index (χ0v) is 17.9. The van der Waals surface area contributed by atoms with Crippen molar-refractivity contribution in [2.45, 2.75) is 13.8 Å². The van der Waals surface area contributed by atoms with Crippen molar-refractivity contribution in [2.24, 2.45) is 0 Å². The number of nitrogens with zero attached hydrogens (tertiary/aromatic N) is 1. The summed E-state index contributed by atoms with van der Waals surface area (Å²) in [5, 5.41) is 8.36. The predicted octanol–water partition coefficient (Wildman–Crippen LogP) is 4.81. The van der Waals surface area contributed by atoms with E-state index >= 15 is 0 Å². The minimum atomic E-state index is -0.125. The second-order valence-corrected chi connectivity index (χ2v) is 5.80. The molecule has 0 aliphatic heterocycles. The Morgan fingerprint density at radius 1 is 0.929 bits per heavy atom. The van der Waals surface area contributed by atoms with E-state index in [1.807, 2.05) is 48.5 Å². The van der Waals surface area contributed by atoms with Gasteiger partial charge in [0.25, 0.3) is 0 Å². The van der Waals surface area contributed by atoms with Gasteiger partial charge in [0, 0.05) is 43.5 Å². The summed E-state index contributed by atoms with van der Waals surface area (Å²) >= 11 is 0. The Morgan fingerprint density at radius 3 is 2.07 bits per heavy atom. The third kappa shape index (κ3) is 7.39. The van der Waals surface area contributed by atoms with E-state index in [9.17, 15) is 9.59 Å². The van der Waals surface area contributed by atoms with Crippen LogP contribution in [0.1, 0.15) is 29.8 Å². The average Bonchev–Trinajstić information content (AvgIpc) is 2.68. The molecule has 145 valence electrons. The third-order valence-corrected chi connectivity index (χ3v) is 3.46. The molecule has 0 aliphatic carbocycles. The summed E-state index contributed by atoms with van der Waals surface area (Å²) in [6, 6.07) is 23.6. The van der Waals surface area contributed by atoms with Crippen LogP contribution in [0, 0.1) is 6.07 Å². The largest absolute Gasteiger partial charge is 0.512 e. The van der Waals surface area contributed by atoms with Crippen LogP contribution in [-0.4, -0.2) is 21.7 Å². The molecule has 0 unspecified atom stereocenters. The molecule has 0 atom stereocenters. The summed E-state index contributed by atoms with van der Waals surface area (Å²) in [5.41, 5.74) is 3.01. The first-order chi connectivity index (χ1) is 13.0. The molecule has 0 bridgehead atoms. The molecular formula is C23H20IrNO3-. The number of pyridine rings is 1. The Balaban J connectivity index is 0.000000425. The summed E-state index contributed by atoms with van der Waals surface area (Å²) in [6.45, 7) is 2.85. The molecule has 1 N–H and O–H groups in total. The third-order valence-electron chi connectivity index (χ3n) is 3.46. The fourth-order valence-electron chi connectivity index (χ4n) is 2.29. The summed E-state index contributed by atoms with van der Waals surface area (Å²) < 4.78 is 0. The molecule has 1 aromatic heterocycles. The van der Waals surface area contributed by atoms with Crippen molar-refractivity contribution in [1.29, 1.82) is 0 Å². The Morgan fingerprint density at radius 2 is 1.61 bits per heavy atom. The van der Waals surface area contributed by atoms with Crippen molar-refractivity contribution in [1.82, 2.24) is 4.98 Å². The van der Waals surface area contributed by atoms with Crippen LogP contribution in [0.25, 0.3) is 11.3 Å². The topological polar surface area (TPSA) is 67.3 Å². The van der Waals surface area contributed by atoms with Crippen LogP contribution >= 0.6 is 0 Å². The van der Waals surface area contributed by atoms with Gasteiger partial charge in [-0.25, -0.2) is 0 Å². The van der Waals surface area contributed by atoms with Gasteiger partial charge in [0.1, 0.15) is 0 Å². The van der Waals surface area contributed by atoms with Crippen LogP contribution in [0.5, 0.6) is 0 Å². The summed E-state index contributed by atoms with van der Waals surface area (Å²) in [7, 11) is 0. The molecule has 2 aromatic carbocycles. The number of benzene rings is 2. The molecule has 3 aromatic rings. The maximum atomic E-state index is 12.2. The molecule has 0 amide bonds. The van der Waals surface area contributed by atoms with E-state index in [-0.39, 0.29) is 37.4 Å². The minimum Gasteiger partial charge on any atom is -0.512 e. The molecule has 3 rings (SSSR count). The minimum absolute atomic E-state index is 0. The van der Waals surface area contributed by atoms with Crippen LogP contribution in [0.3, 0.4) is 0 Å². The quantitative estimate of drug-likeness (QED) is 0.219. The molecule has 0 spiro atoms. The normalized spacial score (nSPS) is 10.1. The number of aromatic nitrogens is 1. The van der Waals surface area contributed by atoms with Crippen molar-refractivity contribution >= 4 is 11.6 Å². The monoisotopic (exact) mass is 551 g/mol. The fourth-order valence-corrected chi connectivity index (χ4v) is 2.29. The Kier molecular flexibility index (Phi) is 9.72. The van der Waals surface area contributed by atoms with Crippen molar-refractivity contribution in [3.8, 4) is 11.3 Å². The summed E-state index contributed by atoms with van der Waals surface area (Å²) in [5.74, 6) is -0.0748. The van der Waals surface area contributed by atoms with E-state index in [2.05, 4.69) is 11.1 Å². The van der Waals surface area contributed by atoms with Gasteiger partial charge in [0.2, 0.25) is 0 Å². The van der Waals surface area contributed by atoms with Crippen molar-refractivity contribution in [2.75, 3.05) is 0 Å². The van der Waals surface area contributed by atoms with E-state index < -0.39 is 0 Å². The second kappa shape index (κ2) is 11.8. The molecular weight excluding hydrogens is 530 g/mol. The second-order valence-electron chi connectivity index (χ2n) is 5.80. The molecule has 4 nitrogen and oxygen atoms in total. The standard InChI is InChI=1S/C18H12NO.C5H8O2.Ir/c20-18(15-9-5-2-6-10-15)16-11-12-17(19-13-16)14-7-3-1-4-8-14;1-4(6)3-5(2)7;/h1-7,9-13H;3,6H,1-2H3;/q-1;;/b;4-3-;. The van der Waals surface area contributed by atoms with Gasteiger partial charge in [-0.05, 0) is 19.5 Å². The Bertz CT molecular complexity index is 917. The van der Waals surface area contributed by atoms with Crippen LogP contribution < -0.4 is 0 Å². The number of allylic oxidation sites excluding steroid dienone is 2. The maximum absolute atomic E-state index is 12.2. The molecule has 0 aliphatic rings. The van der Waals surface area contributed by atoms with Gasteiger partial charge in [0.15, 0.2) is 11.6 Å². The number of ketones is 2. The van der Waals surface area contributed by atoms with E-state index in [0.29, 0.717) is 11.1 Å². The first kappa shape index (κ1) is 23.2. The Labute approximate surface area is 178 Å². The molecule has 0 saturated heterocycles. The zero-order valence-electron chi connectivity index (χ0n) is 15.5. The molecule has 5 heteroatoms. The first-order valence-electron chi connectivity index (χ1n) is 8.38. The van der Waals surface area contributed by atoms with E-state index in [1.165, 1.54) is 19.9 Å². The van der Waals surface area contributed by atoms with E-state index in [4.69, 9.17) is 5.11 Å². The van der Waals surface area contributed by atoms with Crippen molar-refractivity contribution < 1.29 is 34.8 Å². The molecule has 0 fully saturated rings. The average molecular weight is 551 g/mol. The molecule has 1 heterocycles. The van der Waals surface area contributed by atoms with Crippen molar-refractivity contribution in [3.05, 3.63) is 102 Å². The smallest absolute Gasteiger partial charge is 0.194 e. The van der Waals surface area contributed by atoms with Gasteiger partial charge in [-0.1, -0.05) is 42.5 Å². The van der Waals surface area contributed by atoms with Crippen LogP contribution in [0.2, 0.25) is 0 Å². The molecule has 0 saturated carbocycles. The number of hydrogen-bond donors (Lipinski definition) is 1. The SMILES string of the molecule is CC(=O)/C=C(/C)O.O=C(c1ccccc1)c1ccc(-c2[c-]cccc2)nc1.[Ir]. The van der Waals surface area contributed by atoms with Gasteiger partial charge in [-0.3, -0.25) is 9.59 Å². The number of hydrogen-bond acceptors (Lipinski definition) is 4. The molecule has 28 heavy (non-hydrogen) atoms. The molecule has 1 radical (unpaired) electrons. The van der Waals surface area contributed by atoms with Gasteiger partial charge >= 0.3 is 0 Å². The number of rotatable bonds is 4. The van der Waals surface area contributed by atoms with Crippen LogP contribution in [0.4, 0.5) is 0 Å². The van der Waals surface area contributed by atoms with Gasteiger partial charge in [0.05, 0.1) is 5.76 Å². The number of aliphatic hydroxyl groups excluding tert-OH is 1. The number of carbonyl (C=O) groups is 2. The summed E-state index contributed by atoms with van der Waals surface area (Å²) in [6.07, 6.45) is 2.78. The Hall–Kier alpha value is -2.88. The zero-order chi connectivity index (χ0) is 19.6. The number of aliphatic hydroxyl groups is 1. The fraction of sp³-hybridized carbons (Fsp3) is 0.0870. The van der Waals surface area contributed by atoms with Crippen LogP contribution in [-0.2, 0) is 24.9 Å². The van der Waals surface area contributed by atoms with E-state index in [0.717, 1.165) is 11.3 Å². The van der Waals surface area contributed by atoms with Gasteiger partial charge in [-0.2, -0.15) is 0 Å². The number of carbonyl (C=O) groups excluding carboxylic acids is 2. The van der Waals surface area contributed by atoms with Gasteiger partial charge in [-0.15, -0.1) is 35.9 Å². The van der Waals surface area contributed by atoms with E-state index in [1.54, 1.807) is 24.4 Å².